The first-order valence-corrected chi connectivity index (χ1v) is 8.97. The fourth-order valence-electron chi connectivity index (χ4n) is 2.54. The molecule has 0 aromatic heterocycles. The average Bonchev–Trinajstić information content (AvgIpc) is 2.79. The van der Waals surface area contributed by atoms with Gasteiger partial charge in [-0.05, 0) is 37.6 Å². The lowest BCUT2D eigenvalue weighted by Gasteiger charge is -2.13. The standard InChI is InChI=1S/C17H22BrN3O3/c1-2-7-19-8-9-20-15(22)4-3-10-21-16(23)13-6-5-12(18)11-14(13)17(21)24/h5-6,11,19H,2-4,7-10H2,1H3,(H,20,22). The van der Waals surface area contributed by atoms with Gasteiger partial charge in [-0.25, -0.2) is 0 Å². The molecular weight excluding hydrogens is 374 g/mol. The summed E-state index contributed by atoms with van der Waals surface area (Å²) >= 11 is 3.30. The fourth-order valence-corrected chi connectivity index (χ4v) is 2.91. The summed E-state index contributed by atoms with van der Waals surface area (Å²) in [6.07, 6.45) is 1.82. The molecule has 2 rings (SSSR count). The number of amides is 3. The molecule has 0 bridgehead atoms. The number of hydrogen-bond donors (Lipinski definition) is 2. The summed E-state index contributed by atoms with van der Waals surface area (Å²) in [4.78, 5) is 37.5. The molecule has 0 atom stereocenters. The Bertz CT molecular complexity index is 634. The van der Waals surface area contributed by atoms with Crippen molar-refractivity contribution in [3.63, 3.8) is 0 Å². The normalized spacial score (nSPS) is 13.3. The van der Waals surface area contributed by atoms with Crippen LogP contribution < -0.4 is 10.6 Å². The number of rotatable bonds is 9. The Labute approximate surface area is 150 Å². The van der Waals surface area contributed by atoms with E-state index in [2.05, 4.69) is 33.5 Å². The maximum Gasteiger partial charge on any atom is 0.261 e. The SMILES string of the molecule is CCCNCCNC(=O)CCCN1C(=O)c2ccc(Br)cc2C1=O. The Morgan fingerprint density at radius 1 is 1.12 bits per heavy atom. The predicted molar refractivity (Wildman–Crippen MR) is 94.9 cm³/mol. The zero-order valence-electron chi connectivity index (χ0n) is 13.7. The van der Waals surface area contributed by atoms with Gasteiger partial charge in [0.15, 0.2) is 0 Å². The van der Waals surface area contributed by atoms with Crippen LogP contribution in [0.3, 0.4) is 0 Å². The molecule has 1 aromatic rings. The van der Waals surface area contributed by atoms with Gasteiger partial charge in [0, 0.05) is 30.5 Å². The van der Waals surface area contributed by atoms with Crippen molar-refractivity contribution in [1.82, 2.24) is 15.5 Å². The quantitative estimate of drug-likeness (QED) is 0.494. The average molecular weight is 396 g/mol. The Morgan fingerprint density at radius 3 is 2.62 bits per heavy atom. The molecule has 0 saturated carbocycles. The van der Waals surface area contributed by atoms with Gasteiger partial charge in [0.1, 0.15) is 0 Å². The van der Waals surface area contributed by atoms with Crippen molar-refractivity contribution in [3.05, 3.63) is 33.8 Å². The second-order valence-electron chi connectivity index (χ2n) is 5.66. The highest BCUT2D eigenvalue weighted by molar-refractivity contribution is 9.10. The number of hydrogen-bond acceptors (Lipinski definition) is 4. The van der Waals surface area contributed by atoms with Crippen LogP contribution in [0.4, 0.5) is 0 Å². The van der Waals surface area contributed by atoms with Crippen molar-refractivity contribution in [2.24, 2.45) is 0 Å². The van der Waals surface area contributed by atoms with Crippen LogP contribution in [0.2, 0.25) is 0 Å². The first-order chi connectivity index (χ1) is 11.5. The number of halogens is 1. The second-order valence-corrected chi connectivity index (χ2v) is 6.57. The smallest absolute Gasteiger partial charge is 0.261 e. The minimum Gasteiger partial charge on any atom is -0.355 e. The molecule has 7 heteroatoms. The minimum atomic E-state index is -0.291. The van der Waals surface area contributed by atoms with Crippen LogP contribution in [0.25, 0.3) is 0 Å². The summed E-state index contributed by atoms with van der Waals surface area (Å²) in [7, 11) is 0. The lowest BCUT2D eigenvalue weighted by Crippen LogP contribution is -2.34. The summed E-state index contributed by atoms with van der Waals surface area (Å²) in [6, 6.07) is 5.05. The third-order valence-corrected chi connectivity index (χ3v) is 4.26. The number of carbonyl (C=O) groups is 3. The van der Waals surface area contributed by atoms with Gasteiger partial charge in [0.2, 0.25) is 5.91 Å². The van der Waals surface area contributed by atoms with E-state index in [-0.39, 0.29) is 24.3 Å². The van der Waals surface area contributed by atoms with Crippen molar-refractivity contribution < 1.29 is 14.4 Å². The van der Waals surface area contributed by atoms with E-state index in [0.717, 1.165) is 24.0 Å². The molecule has 0 aliphatic carbocycles. The van der Waals surface area contributed by atoms with Crippen molar-refractivity contribution in [2.75, 3.05) is 26.2 Å². The Hall–Kier alpha value is -1.73. The molecule has 130 valence electrons. The molecule has 0 radical (unpaired) electrons. The molecule has 0 fully saturated rings. The van der Waals surface area contributed by atoms with E-state index in [1.165, 1.54) is 4.90 Å². The predicted octanol–water partition coefficient (Wildman–Crippen LogP) is 1.94. The van der Waals surface area contributed by atoms with Crippen LogP contribution in [0, 0.1) is 0 Å². The van der Waals surface area contributed by atoms with E-state index in [1.54, 1.807) is 18.2 Å². The topological polar surface area (TPSA) is 78.5 Å². The molecule has 6 nitrogen and oxygen atoms in total. The van der Waals surface area contributed by atoms with Gasteiger partial charge in [0.25, 0.3) is 11.8 Å². The Morgan fingerprint density at radius 2 is 1.88 bits per heavy atom. The van der Waals surface area contributed by atoms with E-state index >= 15 is 0 Å². The van der Waals surface area contributed by atoms with Gasteiger partial charge in [-0.3, -0.25) is 19.3 Å². The summed E-state index contributed by atoms with van der Waals surface area (Å²) in [5.74, 6) is -0.639. The second kappa shape index (κ2) is 8.94. The van der Waals surface area contributed by atoms with Gasteiger partial charge < -0.3 is 10.6 Å². The molecule has 2 N–H and O–H groups in total. The highest BCUT2D eigenvalue weighted by Gasteiger charge is 2.35. The fraction of sp³-hybridized carbons (Fsp3) is 0.471. The molecular formula is C17H22BrN3O3. The first kappa shape index (κ1) is 18.6. The number of carbonyl (C=O) groups excluding carboxylic acids is 3. The molecule has 1 heterocycles. The van der Waals surface area contributed by atoms with E-state index in [9.17, 15) is 14.4 Å². The van der Waals surface area contributed by atoms with E-state index in [0.29, 0.717) is 30.5 Å². The third kappa shape index (κ3) is 4.64. The maximum absolute atomic E-state index is 12.3. The van der Waals surface area contributed by atoms with E-state index < -0.39 is 0 Å². The van der Waals surface area contributed by atoms with Crippen molar-refractivity contribution in [1.29, 1.82) is 0 Å². The summed E-state index contributed by atoms with van der Waals surface area (Å²) < 4.78 is 0.764. The lowest BCUT2D eigenvalue weighted by molar-refractivity contribution is -0.121. The van der Waals surface area contributed by atoms with Crippen molar-refractivity contribution in [3.8, 4) is 0 Å². The molecule has 0 saturated heterocycles. The third-order valence-electron chi connectivity index (χ3n) is 3.77. The van der Waals surface area contributed by atoms with Gasteiger partial charge in [-0.2, -0.15) is 0 Å². The number of nitrogens with zero attached hydrogens (tertiary/aromatic N) is 1. The maximum atomic E-state index is 12.3. The van der Waals surface area contributed by atoms with Gasteiger partial charge in [-0.15, -0.1) is 0 Å². The Balaban J connectivity index is 1.74. The number of benzene rings is 1. The highest BCUT2D eigenvalue weighted by Crippen LogP contribution is 2.26. The van der Waals surface area contributed by atoms with Gasteiger partial charge in [0.05, 0.1) is 11.1 Å². The molecule has 3 amide bonds. The van der Waals surface area contributed by atoms with Crippen molar-refractivity contribution in [2.45, 2.75) is 26.2 Å². The molecule has 0 spiro atoms. The molecule has 0 unspecified atom stereocenters. The first-order valence-electron chi connectivity index (χ1n) is 8.17. The molecule has 24 heavy (non-hydrogen) atoms. The summed E-state index contributed by atoms with van der Waals surface area (Å²) in [6.45, 7) is 4.60. The van der Waals surface area contributed by atoms with Crippen LogP contribution in [0.15, 0.2) is 22.7 Å². The zero-order chi connectivity index (χ0) is 17.5. The van der Waals surface area contributed by atoms with Crippen LogP contribution >= 0.6 is 15.9 Å². The largest absolute Gasteiger partial charge is 0.355 e. The van der Waals surface area contributed by atoms with Crippen molar-refractivity contribution >= 4 is 33.7 Å². The Kier molecular flexibility index (Phi) is 6.93. The van der Waals surface area contributed by atoms with E-state index in [4.69, 9.17) is 0 Å². The minimum absolute atomic E-state index is 0.0624. The van der Waals surface area contributed by atoms with Crippen LogP contribution in [-0.2, 0) is 4.79 Å². The zero-order valence-corrected chi connectivity index (χ0v) is 15.3. The summed E-state index contributed by atoms with van der Waals surface area (Å²) in [5.41, 5.74) is 0.843. The lowest BCUT2D eigenvalue weighted by atomic mass is 10.1. The van der Waals surface area contributed by atoms with Gasteiger partial charge >= 0.3 is 0 Å². The number of imide groups is 1. The molecule has 1 aliphatic rings. The molecule has 1 aliphatic heterocycles. The molecule has 1 aromatic carbocycles. The van der Waals surface area contributed by atoms with E-state index in [1.807, 2.05) is 0 Å². The highest BCUT2D eigenvalue weighted by atomic mass is 79.9. The number of nitrogens with one attached hydrogen (secondary N) is 2. The van der Waals surface area contributed by atoms with Gasteiger partial charge in [-0.1, -0.05) is 22.9 Å². The van der Waals surface area contributed by atoms with Crippen LogP contribution in [-0.4, -0.2) is 48.8 Å². The van der Waals surface area contributed by atoms with Crippen LogP contribution in [0.1, 0.15) is 46.9 Å². The summed E-state index contributed by atoms with van der Waals surface area (Å²) in [5, 5.41) is 6.02. The van der Waals surface area contributed by atoms with Crippen LogP contribution in [0.5, 0.6) is 0 Å². The monoisotopic (exact) mass is 395 g/mol. The number of fused-ring (bicyclic) bond motifs is 1.